The zero-order valence-corrected chi connectivity index (χ0v) is 27.2. The second-order valence-corrected chi connectivity index (χ2v) is 13.0. The fourth-order valence-electron chi connectivity index (χ4n) is 4.82. The van der Waals surface area contributed by atoms with E-state index in [1.54, 1.807) is 0 Å². The van der Waals surface area contributed by atoms with Crippen LogP contribution in [0.15, 0.2) is 12.2 Å². The molecule has 0 amide bonds. The molecular weight excluding hydrogens is 505 g/mol. The third-order valence-corrected chi connectivity index (χ3v) is 6.44. The number of halogens is 2. The van der Waals surface area contributed by atoms with Crippen molar-refractivity contribution in [2.24, 2.45) is 0 Å². The minimum atomic E-state index is -0.361. The maximum absolute atomic E-state index is 10.6. The molecule has 0 fully saturated rings. The lowest BCUT2D eigenvalue weighted by molar-refractivity contribution is -0.873. The predicted octanol–water partition coefficient (Wildman–Crippen LogP) is -0.532. The van der Waals surface area contributed by atoms with Crippen LogP contribution in [0.4, 0.5) is 0 Å². The van der Waals surface area contributed by atoms with Crippen molar-refractivity contribution in [1.82, 2.24) is 4.90 Å². The van der Waals surface area contributed by atoms with Crippen molar-refractivity contribution in [3.63, 3.8) is 0 Å². The fraction of sp³-hybridized carbons (Fsp3) is 0.933. The van der Waals surface area contributed by atoms with Crippen LogP contribution in [0.1, 0.15) is 96.8 Å². The molecule has 0 rings (SSSR count). The number of allylic oxidation sites excluding steroid dienone is 2. The van der Waals surface area contributed by atoms with Gasteiger partial charge in [-0.1, -0.05) is 76.9 Å². The van der Waals surface area contributed by atoms with Crippen LogP contribution in [0.25, 0.3) is 0 Å². The van der Waals surface area contributed by atoms with Gasteiger partial charge in [-0.25, -0.2) is 0 Å². The molecule has 0 aliphatic rings. The van der Waals surface area contributed by atoms with E-state index in [1.165, 1.54) is 83.5 Å². The van der Waals surface area contributed by atoms with Crippen LogP contribution < -0.4 is 24.8 Å². The quantitative estimate of drug-likeness (QED) is 0.0932. The topological polar surface area (TPSA) is 43.7 Å². The zero-order valence-electron chi connectivity index (χ0n) is 25.7. The van der Waals surface area contributed by atoms with Gasteiger partial charge in [0, 0.05) is 13.1 Å². The molecule has 0 spiro atoms. The largest absolute Gasteiger partial charge is 1.00 e. The van der Waals surface area contributed by atoms with Gasteiger partial charge in [0.2, 0.25) is 0 Å². The monoisotopic (exact) mass is 569 g/mol. The molecule has 0 bridgehead atoms. The van der Waals surface area contributed by atoms with Gasteiger partial charge in [-0.3, -0.25) is 4.90 Å². The second kappa shape index (κ2) is 25.1. The number of unbranched alkanes of at least 4 members (excludes halogenated alkanes) is 12. The Morgan fingerprint density at radius 2 is 0.919 bits per heavy atom. The average Bonchev–Trinajstić information content (AvgIpc) is 2.70. The number of nitrogens with zero attached hydrogens (tertiary/aromatic N) is 3. The van der Waals surface area contributed by atoms with E-state index in [2.05, 4.69) is 66.3 Å². The van der Waals surface area contributed by atoms with E-state index in [0.717, 1.165) is 35.0 Å². The molecule has 5 nitrogen and oxygen atoms in total. The van der Waals surface area contributed by atoms with Gasteiger partial charge in [-0.2, -0.15) is 0 Å². The predicted molar refractivity (Wildman–Crippen MR) is 154 cm³/mol. The van der Waals surface area contributed by atoms with E-state index in [1.807, 2.05) is 0 Å². The van der Waals surface area contributed by atoms with Crippen LogP contribution >= 0.6 is 0 Å². The molecule has 2 unspecified atom stereocenters. The normalized spacial score (nSPS) is 14.0. The Bertz CT molecular complexity index is 484. The zero-order chi connectivity index (χ0) is 26.6. The molecule has 37 heavy (non-hydrogen) atoms. The third kappa shape index (κ3) is 32.2. The van der Waals surface area contributed by atoms with Crippen LogP contribution in [-0.4, -0.2) is 111 Å². The molecule has 7 heteroatoms. The van der Waals surface area contributed by atoms with Gasteiger partial charge in [-0.15, -0.1) is 0 Å². The van der Waals surface area contributed by atoms with Gasteiger partial charge < -0.3 is 44.0 Å². The highest BCUT2D eigenvalue weighted by Gasteiger charge is 2.22. The summed E-state index contributed by atoms with van der Waals surface area (Å²) in [5.74, 6) is 0. The summed E-state index contributed by atoms with van der Waals surface area (Å²) in [7, 11) is 12.7. The van der Waals surface area contributed by atoms with Crippen molar-refractivity contribution in [3.05, 3.63) is 12.2 Å². The smallest absolute Gasteiger partial charge is 0.115 e. The number of aliphatic hydroxyl groups is 2. The molecule has 0 aromatic rings. The lowest BCUT2D eigenvalue weighted by Gasteiger charge is -2.33. The summed E-state index contributed by atoms with van der Waals surface area (Å²) >= 11 is 0. The van der Waals surface area contributed by atoms with E-state index in [0.29, 0.717) is 13.1 Å². The van der Waals surface area contributed by atoms with Gasteiger partial charge in [0.15, 0.2) is 0 Å². The summed E-state index contributed by atoms with van der Waals surface area (Å²) in [6, 6.07) is 0. The molecule has 2 atom stereocenters. The SMILES string of the molecule is CCCCCCCC/C=C/CCCCCCCCN(CC(O)C[N+](C)(C)C)CC(O)C[N+](C)(C)C.[Cl-].[Cl-]. The molecule has 0 heterocycles. The summed E-state index contributed by atoms with van der Waals surface area (Å²) in [5, 5.41) is 21.2. The van der Waals surface area contributed by atoms with Gasteiger partial charge >= 0.3 is 0 Å². The molecular formula is C30H65Cl2N3O2. The van der Waals surface area contributed by atoms with Gasteiger partial charge in [0.1, 0.15) is 25.3 Å². The fourth-order valence-corrected chi connectivity index (χ4v) is 4.82. The van der Waals surface area contributed by atoms with Crippen LogP contribution in [0.5, 0.6) is 0 Å². The van der Waals surface area contributed by atoms with E-state index in [4.69, 9.17) is 0 Å². The summed E-state index contributed by atoms with van der Waals surface area (Å²) in [6.07, 6.45) is 22.5. The average molecular weight is 571 g/mol. The van der Waals surface area contributed by atoms with Crippen molar-refractivity contribution in [2.45, 2.75) is 109 Å². The maximum Gasteiger partial charge on any atom is 0.115 e. The first-order valence-corrected chi connectivity index (χ1v) is 14.8. The van der Waals surface area contributed by atoms with Gasteiger partial charge in [0.05, 0.1) is 42.3 Å². The van der Waals surface area contributed by atoms with Crippen molar-refractivity contribution in [3.8, 4) is 0 Å². The highest BCUT2D eigenvalue weighted by Crippen LogP contribution is 2.11. The van der Waals surface area contributed by atoms with Gasteiger partial charge in [0.25, 0.3) is 0 Å². The maximum atomic E-state index is 10.6. The number of hydrogen-bond acceptors (Lipinski definition) is 3. The summed E-state index contributed by atoms with van der Waals surface area (Å²) < 4.78 is 1.51. The minimum absolute atomic E-state index is 0. The van der Waals surface area contributed by atoms with Crippen LogP contribution in [0.3, 0.4) is 0 Å². The molecule has 0 aromatic heterocycles. The molecule has 226 valence electrons. The van der Waals surface area contributed by atoms with Crippen molar-refractivity contribution >= 4 is 0 Å². The van der Waals surface area contributed by atoms with E-state index >= 15 is 0 Å². The Kier molecular flexibility index (Phi) is 28.2. The van der Waals surface area contributed by atoms with E-state index in [9.17, 15) is 10.2 Å². The number of rotatable bonds is 24. The Morgan fingerprint density at radius 1 is 0.568 bits per heavy atom. The number of quaternary nitrogens is 2. The Hall–Kier alpha value is 0.120. The molecule has 0 aliphatic heterocycles. The van der Waals surface area contributed by atoms with Crippen molar-refractivity contribution < 1.29 is 44.0 Å². The molecule has 2 N–H and O–H groups in total. The van der Waals surface area contributed by atoms with Gasteiger partial charge in [-0.05, 0) is 38.6 Å². The number of hydrogen-bond donors (Lipinski definition) is 2. The lowest BCUT2D eigenvalue weighted by atomic mass is 10.1. The Balaban J connectivity index is -0.00000578. The summed E-state index contributed by atoms with van der Waals surface area (Å²) in [5.41, 5.74) is 0. The van der Waals surface area contributed by atoms with Crippen molar-refractivity contribution in [2.75, 3.05) is 75.0 Å². The molecule has 0 saturated heterocycles. The standard InChI is InChI=1S/C30H65N3O2.2ClH/c1-8-9-10-11-12-13-14-15-16-17-18-19-20-21-22-23-24-31(25-29(34)27-32(2,3)4)26-30(35)28-33(5,6)7;;/h15-16,29-30,34-35H,8-14,17-28H2,1-7H3;2*1H/q+2;;/p-2/b16-15+;;. The van der Waals surface area contributed by atoms with Crippen LogP contribution in [-0.2, 0) is 0 Å². The van der Waals surface area contributed by atoms with Crippen LogP contribution in [0, 0.1) is 0 Å². The third-order valence-electron chi connectivity index (χ3n) is 6.44. The van der Waals surface area contributed by atoms with E-state index < -0.39 is 0 Å². The highest BCUT2D eigenvalue weighted by molar-refractivity contribution is 4.81. The second-order valence-electron chi connectivity index (χ2n) is 13.0. The van der Waals surface area contributed by atoms with Crippen molar-refractivity contribution in [1.29, 1.82) is 0 Å². The van der Waals surface area contributed by atoms with Crippen LogP contribution in [0.2, 0.25) is 0 Å². The summed E-state index contributed by atoms with van der Waals surface area (Å²) in [4.78, 5) is 2.29. The Morgan fingerprint density at radius 3 is 1.30 bits per heavy atom. The lowest BCUT2D eigenvalue weighted by Crippen LogP contribution is -3.00. The van der Waals surface area contributed by atoms with E-state index in [-0.39, 0.29) is 37.0 Å². The Labute approximate surface area is 244 Å². The summed E-state index contributed by atoms with van der Waals surface area (Å²) in [6.45, 7) is 6.00. The minimum Gasteiger partial charge on any atom is -1.00 e. The highest BCUT2D eigenvalue weighted by atomic mass is 35.5. The first kappa shape index (κ1) is 41.6. The first-order chi connectivity index (χ1) is 16.4. The number of aliphatic hydroxyl groups excluding tert-OH is 2. The molecule has 0 aromatic carbocycles. The molecule has 0 radical (unpaired) electrons. The number of likely N-dealkylation sites (N-methyl/N-ethyl adjacent to an activating group) is 2. The first-order valence-electron chi connectivity index (χ1n) is 14.8. The molecule has 0 saturated carbocycles. The molecule has 0 aliphatic carbocycles.